The average molecular weight is 901 g/mol. The maximum absolute atomic E-state index is 15.0. The number of anilines is 5. The van der Waals surface area contributed by atoms with Gasteiger partial charge in [0, 0.05) is 83.3 Å². The van der Waals surface area contributed by atoms with Crippen LogP contribution in [0.15, 0.2) is 42.7 Å². The van der Waals surface area contributed by atoms with Crippen LogP contribution in [0.1, 0.15) is 78.6 Å². The van der Waals surface area contributed by atoms with E-state index >= 15 is 8.78 Å². The summed E-state index contributed by atoms with van der Waals surface area (Å²) in [5, 5.41) is 11.1. The van der Waals surface area contributed by atoms with Crippen molar-refractivity contribution in [1.82, 2.24) is 40.7 Å². The molecule has 6 amide bonds. The standard InChI is InChI=1S/C44H54F2N12O7/c1-54-34-25-48-43(53-38(34)58(29-5-3-4-6-29)26-44(45,46)42(54)64)51-31-9-7-27(23-35(31)65-2)39(61)49-28-13-17-57(18-14-28)37(60)15-16-55-19-21-56(22-20-55)30-8-10-32(47-24-30)40(62)50-33-11-12-36(59)52-41(33)63/h7-10,23-25,28-29,33H,3-6,11-22,26H2,1-2H3,(H,49,61)(H,50,62)(H,48,51,53)(H,52,59,63). The van der Waals surface area contributed by atoms with Crippen molar-refractivity contribution in [3.8, 4) is 5.75 Å². The number of amides is 6. The molecule has 1 atom stereocenters. The average Bonchev–Trinajstić information content (AvgIpc) is 3.84. The molecule has 1 unspecified atom stereocenters. The molecule has 0 spiro atoms. The lowest BCUT2D eigenvalue weighted by Crippen LogP contribution is -2.52. The number of nitrogens with zero attached hydrogens (tertiary/aromatic N) is 8. The predicted molar refractivity (Wildman–Crippen MR) is 234 cm³/mol. The van der Waals surface area contributed by atoms with Gasteiger partial charge in [-0.25, -0.2) is 9.97 Å². The number of aromatic nitrogens is 3. The van der Waals surface area contributed by atoms with Crippen molar-refractivity contribution in [3.63, 3.8) is 0 Å². The third kappa shape index (κ3) is 10.2. The number of fused-ring (bicyclic) bond motifs is 1. The monoisotopic (exact) mass is 900 g/mol. The Morgan fingerprint density at radius 2 is 1.65 bits per heavy atom. The van der Waals surface area contributed by atoms with E-state index in [1.165, 1.54) is 25.3 Å². The van der Waals surface area contributed by atoms with Crippen molar-refractivity contribution < 1.29 is 42.3 Å². The van der Waals surface area contributed by atoms with E-state index in [1.54, 1.807) is 30.5 Å². The molecule has 4 aliphatic heterocycles. The molecule has 6 heterocycles. The molecule has 19 nitrogen and oxygen atoms in total. The summed E-state index contributed by atoms with van der Waals surface area (Å²) in [6.45, 7) is 3.88. The highest BCUT2D eigenvalue weighted by molar-refractivity contribution is 6.04. The van der Waals surface area contributed by atoms with Gasteiger partial charge < -0.3 is 40.3 Å². The van der Waals surface area contributed by atoms with Crippen molar-refractivity contribution in [2.75, 3.05) is 86.5 Å². The number of imide groups is 1. The van der Waals surface area contributed by atoms with Gasteiger partial charge in [0.05, 0.1) is 37.4 Å². The normalized spacial score (nSPS) is 20.8. The van der Waals surface area contributed by atoms with Gasteiger partial charge >= 0.3 is 5.92 Å². The lowest BCUT2D eigenvalue weighted by molar-refractivity contribution is -0.140. The minimum atomic E-state index is -3.59. The van der Waals surface area contributed by atoms with Crippen molar-refractivity contribution in [2.45, 2.75) is 81.8 Å². The van der Waals surface area contributed by atoms with Crippen LogP contribution < -0.4 is 40.7 Å². The lowest BCUT2D eigenvalue weighted by Gasteiger charge is -2.36. The van der Waals surface area contributed by atoms with E-state index in [-0.39, 0.29) is 65.8 Å². The zero-order valence-electron chi connectivity index (χ0n) is 36.5. The number of likely N-dealkylation sites (tertiary alicyclic amines) is 1. The number of piperidine rings is 2. The largest absolute Gasteiger partial charge is 0.495 e. The van der Waals surface area contributed by atoms with E-state index in [0.717, 1.165) is 62.4 Å². The van der Waals surface area contributed by atoms with Gasteiger partial charge in [-0.2, -0.15) is 13.8 Å². The summed E-state index contributed by atoms with van der Waals surface area (Å²) >= 11 is 0. The summed E-state index contributed by atoms with van der Waals surface area (Å²) in [5.41, 5.74) is 2.07. The second-order valence-electron chi connectivity index (χ2n) is 17.2. The molecule has 8 rings (SSSR count). The van der Waals surface area contributed by atoms with E-state index in [0.29, 0.717) is 55.9 Å². The topological polar surface area (TPSA) is 215 Å². The summed E-state index contributed by atoms with van der Waals surface area (Å²) < 4.78 is 35.7. The molecule has 3 saturated heterocycles. The van der Waals surface area contributed by atoms with Crippen molar-refractivity contribution in [1.29, 1.82) is 0 Å². The molecule has 1 aliphatic carbocycles. The summed E-state index contributed by atoms with van der Waals surface area (Å²) in [7, 11) is 2.77. The fourth-order valence-electron chi connectivity index (χ4n) is 9.11. The van der Waals surface area contributed by atoms with Gasteiger partial charge in [-0.15, -0.1) is 0 Å². The summed E-state index contributed by atoms with van der Waals surface area (Å²) in [5.74, 6) is -5.76. The SMILES string of the molecule is COc1cc(C(=O)NC2CCN(C(=O)CCN3CCN(c4ccc(C(=O)NC5CCC(=O)NC5=O)nc4)CC3)CC2)ccc1Nc1ncc2c(n1)N(C1CCCC1)CC(F)(F)C(=O)N2C. The van der Waals surface area contributed by atoms with Crippen LogP contribution in [0.25, 0.3) is 0 Å². The number of piperazine rings is 1. The first kappa shape index (κ1) is 45.1. The molecule has 4 fully saturated rings. The molecule has 1 aromatic carbocycles. The summed E-state index contributed by atoms with van der Waals surface area (Å²) in [6, 6.07) is 7.25. The Morgan fingerprint density at radius 1 is 0.892 bits per heavy atom. The first-order valence-electron chi connectivity index (χ1n) is 22.2. The molecular weight excluding hydrogens is 847 g/mol. The van der Waals surface area contributed by atoms with Gasteiger partial charge in [-0.05, 0) is 62.4 Å². The van der Waals surface area contributed by atoms with E-state index in [2.05, 4.69) is 46.0 Å². The van der Waals surface area contributed by atoms with Gasteiger partial charge in [-0.1, -0.05) is 12.8 Å². The van der Waals surface area contributed by atoms with Gasteiger partial charge in [0.15, 0.2) is 5.82 Å². The fourth-order valence-corrected chi connectivity index (χ4v) is 9.11. The molecule has 0 bridgehead atoms. The Hall–Kier alpha value is -6.51. The second-order valence-corrected chi connectivity index (χ2v) is 17.2. The molecule has 1 saturated carbocycles. The molecule has 3 aromatic rings. The number of pyridine rings is 1. The third-order valence-corrected chi connectivity index (χ3v) is 12.9. The molecule has 65 heavy (non-hydrogen) atoms. The van der Waals surface area contributed by atoms with Crippen LogP contribution in [0.5, 0.6) is 5.75 Å². The van der Waals surface area contributed by atoms with Crippen LogP contribution in [0, 0.1) is 0 Å². The Labute approximate surface area is 374 Å². The highest BCUT2D eigenvalue weighted by Crippen LogP contribution is 2.40. The highest BCUT2D eigenvalue weighted by atomic mass is 19.3. The highest BCUT2D eigenvalue weighted by Gasteiger charge is 2.49. The van der Waals surface area contributed by atoms with E-state index in [4.69, 9.17) is 4.74 Å². The van der Waals surface area contributed by atoms with E-state index in [1.807, 2.05) is 11.0 Å². The predicted octanol–water partition coefficient (Wildman–Crippen LogP) is 2.45. The quantitative estimate of drug-likeness (QED) is 0.192. The molecule has 2 aromatic heterocycles. The van der Waals surface area contributed by atoms with Crippen LogP contribution in [0.3, 0.4) is 0 Å². The second kappa shape index (κ2) is 19.3. The number of halogens is 2. The first-order chi connectivity index (χ1) is 31.3. The smallest absolute Gasteiger partial charge is 0.342 e. The molecule has 21 heteroatoms. The zero-order chi connectivity index (χ0) is 45.8. The van der Waals surface area contributed by atoms with Crippen molar-refractivity contribution in [2.24, 2.45) is 0 Å². The minimum Gasteiger partial charge on any atom is -0.495 e. The Kier molecular flexibility index (Phi) is 13.4. The number of ether oxygens (including phenoxy) is 1. The van der Waals surface area contributed by atoms with Crippen LogP contribution >= 0.6 is 0 Å². The number of rotatable bonds is 12. The van der Waals surface area contributed by atoms with Crippen LogP contribution in [0.2, 0.25) is 0 Å². The Morgan fingerprint density at radius 3 is 2.34 bits per heavy atom. The van der Waals surface area contributed by atoms with Crippen molar-refractivity contribution >= 4 is 64.3 Å². The van der Waals surface area contributed by atoms with E-state index in [9.17, 15) is 28.8 Å². The van der Waals surface area contributed by atoms with E-state index < -0.39 is 36.2 Å². The molecule has 4 N–H and O–H groups in total. The number of alkyl halides is 2. The number of methoxy groups -OCH3 is 1. The Bertz CT molecular complexity index is 2300. The van der Waals surface area contributed by atoms with Gasteiger partial charge in [0.1, 0.15) is 23.2 Å². The first-order valence-corrected chi connectivity index (χ1v) is 22.2. The van der Waals surface area contributed by atoms with Gasteiger partial charge in [0.25, 0.3) is 17.7 Å². The van der Waals surface area contributed by atoms with Crippen LogP contribution in [-0.4, -0.2) is 151 Å². The fraction of sp³-hybridized carbons (Fsp3) is 0.523. The maximum Gasteiger partial charge on any atom is 0.342 e. The minimum absolute atomic E-state index is 0.0727. The number of hydrogen-bond acceptors (Lipinski definition) is 14. The van der Waals surface area contributed by atoms with Gasteiger partial charge in [0.2, 0.25) is 23.7 Å². The molecular formula is C44H54F2N12O7. The molecule has 5 aliphatic rings. The van der Waals surface area contributed by atoms with Crippen molar-refractivity contribution in [3.05, 3.63) is 54.0 Å². The van der Waals surface area contributed by atoms with Crippen LogP contribution in [0.4, 0.5) is 37.6 Å². The number of carbonyl (C=O) groups is 6. The Balaban J connectivity index is 0.776. The number of benzene rings is 1. The maximum atomic E-state index is 15.0. The molecule has 0 radical (unpaired) electrons. The lowest BCUT2D eigenvalue weighted by atomic mass is 10.0. The zero-order valence-corrected chi connectivity index (χ0v) is 36.5. The third-order valence-electron chi connectivity index (χ3n) is 12.9. The summed E-state index contributed by atoms with van der Waals surface area (Å²) in [6.07, 6.45) is 8.27. The number of hydrogen-bond donors (Lipinski definition) is 4. The molecule has 346 valence electrons. The number of nitrogens with one attached hydrogen (secondary N) is 4. The van der Waals surface area contributed by atoms with Gasteiger partial charge in [-0.3, -0.25) is 39.0 Å². The van der Waals surface area contributed by atoms with Crippen LogP contribution in [-0.2, 0) is 19.2 Å². The number of carbonyl (C=O) groups excluding carboxylic acids is 6. The summed E-state index contributed by atoms with van der Waals surface area (Å²) in [4.78, 5) is 97.3.